The summed E-state index contributed by atoms with van der Waals surface area (Å²) in [5.74, 6) is -0.889. The van der Waals surface area contributed by atoms with E-state index in [2.05, 4.69) is 5.32 Å². The van der Waals surface area contributed by atoms with Crippen LogP contribution in [0.1, 0.15) is 59.8 Å². The van der Waals surface area contributed by atoms with E-state index in [9.17, 15) is 32.8 Å². The van der Waals surface area contributed by atoms with Crippen molar-refractivity contribution in [3.63, 3.8) is 0 Å². The molecule has 3 amide bonds. The van der Waals surface area contributed by atoms with Crippen molar-refractivity contribution >= 4 is 23.4 Å². The molecule has 192 valence electrons. The van der Waals surface area contributed by atoms with E-state index in [0.717, 1.165) is 17.0 Å². The van der Waals surface area contributed by atoms with Gasteiger partial charge < -0.3 is 16.0 Å². The molecule has 11 heteroatoms. The maximum Gasteiger partial charge on any atom is 0.416 e. The number of halogens is 3. The Balaban J connectivity index is 1.90. The van der Waals surface area contributed by atoms with Gasteiger partial charge in [-0.05, 0) is 56.2 Å². The van der Waals surface area contributed by atoms with Crippen molar-refractivity contribution < 1.29 is 27.6 Å². The zero-order chi connectivity index (χ0) is 27.3. The van der Waals surface area contributed by atoms with Crippen LogP contribution in [0.2, 0.25) is 0 Å². The second kappa shape index (κ2) is 9.05. The minimum atomic E-state index is -4.62. The second-order valence-electron chi connectivity index (χ2n) is 9.55. The maximum atomic E-state index is 13.6. The first-order valence-electron chi connectivity index (χ1n) is 11.4. The normalized spacial score (nSPS) is 18.2. The number of nitriles is 1. The molecule has 0 saturated heterocycles. The summed E-state index contributed by atoms with van der Waals surface area (Å²) in [4.78, 5) is 42.2. The van der Waals surface area contributed by atoms with E-state index < -0.39 is 35.4 Å². The number of carbonyl (C=O) groups excluding carboxylic acids is 3. The van der Waals surface area contributed by atoms with Crippen LogP contribution in [0.5, 0.6) is 0 Å². The standard InChI is InChI=1S/C26H24F3N5O3/c1-25(2,31)32-23(36)18-11-14(13-30)7-8-17(18)22-21-19(9-10-20(21)35)34(24(37)33(22)3)16-6-4-5-15(12-16)26(27,28)29/h4-8,11-12,22H,9-10,31H2,1-3H3,(H,32,36). The lowest BCUT2D eigenvalue weighted by Crippen LogP contribution is -2.51. The third kappa shape index (κ3) is 4.80. The van der Waals surface area contributed by atoms with Crippen LogP contribution in [0, 0.1) is 11.3 Å². The average molecular weight is 512 g/mol. The van der Waals surface area contributed by atoms with Gasteiger partial charge in [-0.15, -0.1) is 0 Å². The number of ketones is 1. The fraction of sp³-hybridized carbons (Fsp3) is 0.308. The molecule has 0 saturated carbocycles. The van der Waals surface area contributed by atoms with Crippen molar-refractivity contribution in [3.05, 3.63) is 76.0 Å². The summed E-state index contributed by atoms with van der Waals surface area (Å²) in [6.45, 7) is 3.14. The van der Waals surface area contributed by atoms with Crippen molar-refractivity contribution in [1.82, 2.24) is 10.2 Å². The van der Waals surface area contributed by atoms with Gasteiger partial charge in [-0.2, -0.15) is 18.4 Å². The monoisotopic (exact) mass is 511 g/mol. The molecule has 1 heterocycles. The van der Waals surface area contributed by atoms with Gasteiger partial charge in [-0.1, -0.05) is 12.1 Å². The lowest BCUT2D eigenvalue weighted by Gasteiger charge is -2.41. The first kappa shape index (κ1) is 25.9. The van der Waals surface area contributed by atoms with Gasteiger partial charge in [0.1, 0.15) is 0 Å². The minimum absolute atomic E-state index is 0.0185. The number of rotatable bonds is 4. The second-order valence-corrected chi connectivity index (χ2v) is 9.55. The molecule has 3 N–H and O–H groups in total. The van der Waals surface area contributed by atoms with Crippen LogP contribution in [-0.4, -0.2) is 35.3 Å². The Bertz CT molecular complexity index is 1390. The quantitative estimate of drug-likeness (QED) is 0.596. The summed E-state index contributed by atoms with van der Waals surface area (Å²) in [5, 5.41) is 12.0. The lowest BCUT2D eigenvalue weighted by molar-refractivity contribution is -0.137. The summed E-state index contributed by atoms with van der Waals surface area (Å²) in [7, 11) is 1.41. The van der Waals surface area contributed by atoms with Crippen molar-refractivity contribution in [1.29, 1.82) is 5.26 Å². The van der Waals surface area contributed by atoms with Gasteiger partial charge >= 0.3 is 12.2 Å². The smallest absolute Gasteiger partial charge is 0.335 e. The molecule has 0 bridgehead atoms. The van der Waals surface area contributed by atoms with Crippen LogP contribution in [0.3, 0.4) is 0 Å². The van der Waals surface area contributed by atoms with Gasteiger partial charge in [-0.3, -0.25) is 14.5 Å². The van der Waals surface area contributed by atoms with E-state index in [-0.39, 0.29) is 46.7 Å². The molecule has 8 nitrogen and oxygen atoms in total. The highest BCUT2D eigenvalue weighted by molar-refractivity contribution is 6.09. The molecular formula is C26H24F3N5O3. The molecule has 0 spiro atoms. The largest absolute Gasteiger partial charge is 0.416 e. The predicted octanol–water partition coefficient (Wildman–Crippen LogP) is 4.23. The van der Waals surface area contributed by atoms with Gasteiger partial charge in [-0.25, -0.2) is 4.79 Å². The van der Waals surface area contributed by atoms with Crippen molar-refractivity contribution in [2.75, 3.05) is 11.9 Å². The third-order valence-electron chi connectivity index (χ3n) is 6.21. The van der Waals surface area contributed by atoms with Crippen molar-refractivity contribution in [2.24, 2.45) is 5.73 Å². The molecule has 2 aromatic rings. The highest BCUT2D eigenvalue weighted by Crippen LogP contribution is 2.45. The Morgan fingerprint density at radius 2 is 1.84 bits per heavy atom. The van der Waals surface area contributed by atoms with E-state index in [1.807, 2.05) is 6.07 Å². The number of urea groups is 1. The van der Waals surface area contributed by atoms with Crippen molar-refractivity contribution in [3.8, 4) is 6.07 Å². The van der Waals surface area contributed by atoms with E-state index in [1.165, 1.54) is 42.3 Å². The molecule has 1 atom stereocenters. The third-order valence-corrected chi connectivity index (χ3v) is 6.21. The minimum Gasteiger partial charge on any atom is -0.335 e. The van der Waals surface area contributed by atoms with Gasteiger partial charge in [0.15, 0.2) is 5.78 Å². The highest BCUT2D eigenvalue weighted by atomic mass is 19.4. The van der Waals surface area contributed by atoms with Crippen LogP contribution in [0.15, 0.2) is 53.7 Å². The zero-order valence-electron chi connectivity index (χ0n) is 20.3. The van der Waals surface area contributed by atoms with E-state index >= 15 is 0 Å². The van der Waals surface area contributed by atoms with Crippen LogP contribution >= 0.6 is 0 Å². The summed E-state index contributed by atoms with van der Waals surface area (Å²) >= 11 is 0. The van der Waals surface area contributed by atoms with Crippen LogP contribution < -0.4 is 16.0 Å². The average Bonchev–Trinajstić information content (AvgIpc) is 3.19. The first-order valence-corrected chi connectivity index (χ1v) is 11.4. The molecule has 2 aromatic carbocycles. The molecule has 37 heavy (non-hydrogen) atoms. The van der Waals surface area contributed by atoms with Crippen LogP contribution in [0.25, 0.3) is 0 Å². The summed E-state index contributed by atoms with van der Waals surface area (Å²) in [6.07, 6.45) is -4.41. The van der Waals surface area contributed by atoms with Gasteiger partial charge in [0.05, 0.1) is 34.6 Å². The zero-order valence-corrected chi connectivity index (χ0v) is 20.3. The van der Waals surface area contributed by atoms with E-state index in [0.29, 0.717) is 5.56 Å². The molecule has 0 aromatic heterocycles. The molecule has 1 unspecified atom stereocenters. The molecule has 2 aliphatic rings. The molecule has 1 aliphatic heterocycles. The SMILES string of the molecule is CN1C(=O)N(c2cccc(C(F)(F)F)c2)C2=C(C(=O)CC2)C1c1ccc(C#N)cc1C(=O)NC(C)(C)N. The number of Topliss-reactive ketones (excluding diaryl/α,β-unsaturated/α-hetero) is 1. The number of likely N-dealkylation sites (N-methyl/N-ethyl adjacent to an activating group) is 1. The number of nitrogens with one attached hydrogen (secondary N) is 1. The number of hydrogen-bond donors (Lipinski definition) is 2. The first-order chi connectivity index (χ1) is 17.2. The molecule has 0 fully saturated rings. The van der Waals surface area contributed by atoms with E-state index in [4.69, 9.17) is 5.73 Å². The predicted molar refractivity (Wildman–Crippen MR) is 128 cm³/mol. The Hall–Kier alpha value is -4.17. The number of anilines is 1. The lowest BCUT2D eigenvalue weighted by atomic mass is 9.88. The Labute approximate surface area is 211 Å². The topological polar surface area (TPSA) is 120 Å². The number of hydrogen-bond acceptors (Lipinski definition) is 5. The van der Waals surface area contributed by atoms with E-state index in [1.54, 1.807) is 13.8 Å². The Morgan fingerprint density at radius 1 is 1.14 bits per heavy atom. The summed E-state index contributed by atoms with van der Waals surface area (Å²) in [5.41, 5.74) is 4.94. The highest BCUT2D eigenvalue weighted by Gasteiger charge is 2.46. The number of nitrogens with two attached hydrogens (primary N) is 1. The van der Waals surface area contributed by atoms with Crippen molar-refractivity contribution in [2.45, 2.75) is 44.6 Å². The Kier molecular flexibility index (Phi) is 6.33. The fourth-order valence-electron chi connectivity index (χ4n) is 4.65. The number of benzene rings is 2. The number of amides is 3. The van der Waals surface area contributed by atoms with Crippen LogP contribution in [-0.2, 0) is 11.0 Å². The maximum absolute atomic E-state index is 13.6. The van der Waals surface area contributed by atoms with Gasteiger partial charge in [0.2, 0.25) is 0 Å². The Morgan fingerprint density at radius 3 is 2.46 bits per heavy atom. The van der Waals surface area contributed by atoms with Crippen LogP contribution in [0.4, 0.5) is 23.7 Å². The summed E-state index contributed by atoms with van der Waals surface area (Å²) in [6, 6.07) is 8.98. The summed E-state index contributed by atoms with van der Waals surface area (Å²) < 4.78 is 40.1. The molecule has 1 aliphatic carbocycles. The number of alkyl halides is 3. The number of allylic oxidation sites excluding steroid dienone is 1. The molecular weight excluding hydrogens is 487 g/mol. The van der Waals surface area contributed by atoms with Gasteiger partial charge in [0.25, 0.3) is 5.91 Å². The number of nitrogens with zero attached hydrogens (tertiary/aromatic N) is 3. The number of carbonyl (C=O) groups is 3. The fourth-order valence-corrected chi connectivity index (χ4v) is 4.65. The molecule has 0 radical (unpaired) electrons. The molecule has 4 rings (SSSR count). The van der Waals surface area contributed by atoms with Gasteiger partial charge in [0, 0.05) is 30.3 Å².